The summed E-state index contributed by atoms with van der Waals surface area (Å²) in [5, 5.41) is 6.28. The van der Waals surface area contributed by atoms with E-state index in [4.69, 9.17) is 4.74 Å². The molecule has 0 saturated carbocycles. The minimum atomic E-state index is -4.41. The molecule has 2 heterocycles. The van der Waals surface area contributed by atoms with Crippen molar-refractivity contribution in [3.8, 4) is 0 Å². The molecule has 10 heteroatoms. The van der Waals surface area contributed by atoms with E-state index in [0.717, 1.165) is 4.68 Å². The number of nitrogens with zero attached hydrogens (tertiary/aromatic N) is 3. The van der Waals surface area contributed by atoms with E-state index in [2.05, 4.69) is 10.4 Å². The smallest absolute Gasteiger partial charge is 0.363 e. The zero-order valence-electron chi connectivity index (χ0n) is 14.3. The summed E-state index contributed by atoms with van der Waals surface area (Å²) in [6.07, 6.45) is -4.06. The SMILES string of the molecule is Cc1cc(C(=O)NCC2CCC(C(=O)N(C)C)O2)nn1CC(F)(F)F. The average molecular weight is 362 g/mol. The second kappa shape index (κ2) is 7.42. The first-order chi connectivity index (χ1) is 11.6. The van der Waals surface area contributed by atoms with Crippen LogP contribution in [0.3, 0.4) is 0 Å². The van der Waals surface area contributed by atoms with E-state index in [-0.39, 0.29) is 29.9 Å². The van der Waals surface area contributed by atoms with Crippen molar-refractivity contribution in [1.82, 2.24) is 20.0 Å². The average Bonchev–Trinajstić information content (AvgIpc) is 3.10. The first kappa shape index (κ1) is 19.2. The molecule has 0 spiro atoms. The molecule has 2 unspecified atom stereocenters. The summed E-state index contributed by atoms with van der Waals surface area (Å²) in [6.45, 7) is 0.375. The van der Waals surface area contributed by atoms with Crippen LogP contribution < -0.4 is 5.32 Å². The van der Waals surface area contributed by atoms with Crippen molar-refractivity contribution in [3.63, 3.8) is 0 Å². The lowest BCUT2D eigenvalue weighted by Gasteiger charge is -2.17. The Morgan fingerprint density at radius 1 is 1.40 bits per heavy atom. The molecule has 1 saturated heterocycles. The number of alkyl halides is 3. The van der Waals surface area contributed by atoms with E-state index in [9.17, 15) is 22.8 Å². The molecule has 1 aromatic heterocycles. The van der Waals surface area contributed by atoms with Gasteiger partial charge in [0.25, 0.3) is 11.8 Å². The Labute approximate surface area is 143 Å². The van der Waals surface area contributed by atoms with Gasteiger partial charge in [-0.15, -0.1) is 0 Å². The first-order valence-electron chi connectivity index (χ1n) is 7.83. The molecule has 2 amide bonds. The number of carbonyl (C=O) groups excluding carboxylic acids is 2. The van der Waals surface area contributed by atoms with Gasteiger partial charge in [0.1, 0.15) is 18.3 Å². The Bertz CT molecular complexity index is 642. The van der Waals surface area contributed by atoms with Crippen molar-refractivity contribution < 1.29 is 27.5 Å². The highest BCUT2D eigenvalue weighted by Crippen LogP contribution is 2.21. The number of carbonyl (C=O) groups is 2. The van der Waals surface area contributed by atoms with Crippen LogP contribution in [0.2, 0.25) is 0 Å². The summed E-state index contributed by atoms with van der Waals surface area (Å²) in [6, 6.07) is 1.30. The Morgan fingerprint density at radius 2 is 2.08 bits per heavy atom. The molecule has 0 radical (unpaired) electrons. The van der Waals surface area contributed by atoms with E-state index in [1.165, 1.54) is 17.9 Å². The predicted octanol–water partition coefficient (Wildman–Crippen LogP) is 1.12. The van der Waals surface area contributed by atoms with Gasteiger partial charge in [-0.3, -0.25) is 14.3 Å². The fraction of sp³-hybridized carbons (Fsp3) is 0.667. The van der Waals surface area contributed by atoms with Gasteiger partial charge in [0, 0.05) is 26.3 Å². The fourth-order valence-electron chi connectivity index (χ4n) is 2.57. The molecule has 1 aliphatic heterocycles. The van der Waals surface area contributed by atoms with Crippen LogP contribution in [0, 0.1) is 6.92 Å². The second-order valence-corrected chi connectivity index (χ2v) is 6.21. The maximum Gasteiger partial charge on any atom is 0.408 e. The van der Waals surface area contributed by atoms with Gasteiger partial charge >= 0.3 is 6.18 Å². The molecule has 140 valence electrons. The van der Waals surface area contributed by atoms with Crippen molar-refractivity contribution in [1.29, 1.82) is 0 Å². The van der Waals surface area contributed by atoms with Crippen LogP contribution in [0.15, 0.2) is 6.07 Å². The number of likely N-dealkylation sites (N-methyl/N-ethyl adjacent to an activating group) is 1. The van der Waals surface area contributed by atoms with Gasteiger partial charge in [-0.05, 0) is 25.8 Å². The van der Waals surface area contributed by atoms with Gasteiger partial charge < -0.3 is 15.0 Å². The molecule has 1 N–H and O–H groups in total. The summed E-state index contributed by atoms with van der Waals surface area (Å²) in [5.41, 5.74) is 0.164. The maximum absolute atomic E-state index is 12.4. The van der Waals surface area contributed by atoms with E-state index >= 15 is 0 Å². The second-order valence-electron chi connectivity index (χ2n) is 6.21. The quantitative estimate of drug-likeness (QED) is 0.852. The molecule has 1 aromatic rings. The molecule has 0 aromatic carbocycles. The molecule has 1 aliphatic rings. The zero-order valence-corrected chi connectivity index (χ0v) is 14.3. The van der Waals surface area contributed by atoms with Crippen LogP contribution in [0.5, 0.6) is 0 Å². The van der Waals surface area contributed by atoms with Crippen molar-refractivity contribution >= 4 is 11.8 Å². The lowest BCUT2D eigenvalue weighted by Crippen LogP contribution is -2.36. The summed E-state index contributed by atoms with van der Waals surface area (Å²) < 4.78 is 43.6. The number of amides is 2. The van der Waals surface area contributed by atoms with Crippen LogP contribution in [0.1, 0.15) is 29.0 Å². The number of hydrogen-bond acceptors (Lipinski definition) is 4. The normalized spacial score (nSPS) is 20.6. The third-order valence-corrected chi connectivity index (χ3v) is 3.86. The van der Waals surface area contributed by atoms with Crippen molar-refractivity contribution in [2.45, 2.75) is 44.7 Å². The number of rotatable bonds is 5. The van der Waals surface area contributed by atoms with Gasteiger partial charge in [-0.1, -0.05) is 0 Å². The number of aromatic nitrogens is 2. The van der Waals surface area contributed by atoms with Crippen LogP contribution in [-0.4, -0.2) is 65.5 Å². The van der Waals surface area contributed by atoms with Crippen molar-refractivity contribution in [2.75, 3.05) is 20.6 Å². The lowest BCUT2D eigenvalue weighted by atomic mass is 10.2. The monoisotopic (exact) mass is 362 g/mol. The Kier molecular flexibility index (Phi) is 5.71. The molecule has 0 bridgehead atoms. The summed E-state index contributed by atoms with van der Waals surface area (Å²) in [7, 11) is 3.28. The van der Waals surface area contributed by atoms with Crippen LogP contribution in [0.25, 0.3) is 0 Å². The zero-order chi connectivity index (χ0) is 18.8. The molecule has 25 heavy (non-hydrogen) atoms. The summed E-state index contributed by atoms with van der Waals surface area (Å²) in [5.74, 6) is -0.703. The predicted molar refractivity (Wildman–Crippen MR) is 81.9 cm³/mol. The van der Waals surface area contributed by atoms with Crippen molar-refractivity contribution in [3.05, 3.63) is 17.5 Å². The van der Waals surface area contributed by atoms with Crippen LogP contribution >= 0.6 is 0 Å². The Morgan fingerprint density at radius 3 is 2.68 bits per heavy atom. The maximum atomic E-state index is 12.4. The third kappa shape index (κ3) is 5.18. The Hall–Kier alpha value is -2.10. The number of aryl methyl sites for hydroxylation is 1. The highest BCUT2D eigenvalue weighted by Gasteiger charge is 2.32. The fourth-order valence-corrected chi connectivity index (χ4v) is 2.57. The van der Waals surface area contributed by atoms with Gasteiger partial charge in [0.05, 0.1) is 6.10 Å². The Balaban J connectivity index is 1.87. The molecule has 7 nitrogen and oxygen atoms in total. The number of halogens is 3. The van der Waals surface area contributed by atoms with Crippen LogP contribution in [0.4, 0.5) is 13.2 Å². The van der Waals surface area contributed by atoms with E-state index in [1.54, 1.807) is 14.1 Å². The minimum absolute atomic E-state index is 0.0827. The highest BCUT2D eigenvalue weighted by atomic mass is 19.4. The largest absolute Gasteiger partial charge is 0.408 e. The van der Waals surface area contributed by atoms with E-state index < -0.39 is 24.7 Å². The van der Waals surface area contributed by atoms with Gasteiger partial charge in [0.15, 0.2) is 0 Å². The number of nitrogens with one attached hydrogen (secondary N) is 1. The molecule has 0 aliphatic carbocycles. The summed E-state index contributed by atoms with van der Waals surface area (Å²) in [4.78, 5) is 25.3. The first-order valence-corrected chi connectivity index (χ1v) is 7.83. The van der Waals surface area contributed by atoms with Gasteiger partial charge in [-0.2, -0.15) is 18.3 Å². The molecular formula is C15H21F3N4O3. The minimum Gasteiger partial charge on any atom is -0.363 e. The molecule has 1 fully saturated rings. The number of ether oxygens (including phenoxy) is 1. The molecular weight excluding hydrogens is 341 g/mol. The number of hydrogen-bond donors (Lipinski definition) is 1. The standard InChI is InChI=1S/C15H21F3N4O3/c1-9-6-11(20-22(9)8-15(16,17)18)13(23)19-7-10-4-5-12(25-10)14(24)21(2)3/h6,10,12H,4-5,7-8H2,1-3H3,(H,19,23). The van der Waals surface area contributed by atoms with Crippen molar-refractivity contribution in [2.24, 2.45) is 0 Å². The molecule has 2 rings (SSSR count). The third-order valence-electron chi connectivity index (χ3n) is 3.86. The van der Waals surface area contributed by atoms with E-state index in [1.807, 2.05) is 0 Å². The topological polar surface area (TPSA) is 76.5 Å². The lowest BCUT2D eigenvalue weighted by molar-refractivity contribution is -0.143. The van der Waals surface area contributed by atoms with Gasteiger partial charge in [0.2, 0.25) is 0 Å². The summed E-state index contributed by atoms with van der Waals surface area (Å²) >= 11 is 0. The van der Waals surface area contributed by atoms with Gasteiger partial charge in [-0.25, -0.2) is 0 Å². The van der Waals surface area contributed by atoms with Crippen LogP contribution in [-0.2, 0) is 16.1 Å². The molecule has 2 atom stereocenters. The highest BCUT2D eigenvalue weighted by molar-refractivity contribution is 5.92. The van der Waals surface area contributed by atoms with E-state index in [0.29, 0.717) is 12.8 Å².